The van der Waals surface area contributed by atoms with E-state index in [0.717, 1.165) is 0 Å². The van der Waals surface area contributed by atoms with Gasteiger partial charge in [-0.25, -0.2) is 12.7 Å². The lowest BCUT2D eigenvalue weighted by Crippen LogP contribution is -2.41. The van der Waals surface area contributed by atoms with E-state index in [2.05, 4.69) is 0 Å². The van der Waals surface area contributed by atoms with Crippen LogP contribution in [0.1, 0.15) is 23.2 Å². The van der Waals surface area contributed by atoms with Gasteiger partial charge in [0.1, 0.15) is 11.9 Å². The normalized spacial score (nSPS) is 17.0. The third-order valence-electron chi connectivity index (χ3n) is 3.75. The number of hydrogen-bond acceptors (Lipinski definition) is 4. The predicted octanol–water partition coefficient (Wildman–Crippen LogP) is 1.84. The lowest BCUT2D eigenvalue weighted by molar-refractivity contribution is 0.0827. The molecule has 0 atom stereocenters. The summed E-state index contributed by atoms with van der Waals surface area (Å²) in [6, 6.07) is 4.95. The third-order valence-corrected chi connectivity index (χ3v) is 5.35. The van der Waals surface area contributed by atoms with E-state index in [-0.39, 0.29) is 12.0 Å². The minimum Gasteiger partial charge on any atom is -0.489 e. The van der Waals surface area contributed by atoms with Crippen molar-refractivity contribution in [1.82, 2.24) is 9.21 Å². The van der Waals surface area contributed by atoms with E-state index in [9.17, 15) is 13.2 Å². The number of sulfonamides is 1. The van der Waals surface area contributed by atoms with Gasteiger partial charge >= 0.3 is 0 Å². The van der Waals surface area contributed by atoms with Gasteiger partial charge in [-0.2, -0.15) is 0 Å². The Balaban J connectivity index is 2.01. The summed E-state index contributed by atoms with van der Waals surface area (Å²) < 4.78 is 30.3. The van der Waals surface area contributed by atoms with Gasteiger partial charge in [-0.1, -0.05) is 11.6 Å². The molecule has 0 bridgehead atoms. The SMILES string of the molecule is CN(C)C(=O)c1ccc(OC2CCN(S(C)(=O)=O)CC2)c(Cl)c1. The number of carbonyl (C=O) groups is 1. The van der Waals surface area contributed by atoms with Gasteiger partial charge in [0, 0.05) is 32.7 Å². The van der Waals surface area contributed by atoms with Crippen LogP contribution in [-0.4, -0.2) is 63.1 Å². The largest absolute Gasteiger partial charge is 0.489 e. The molecular formula is C15H21ClN2O4S. The summed E-state index contributed by atoms with van der Waals surface area (Å²) in [5, 5.41) is 0.378. The van der Waals surface area contributed by atoms with Gasteiger partial charge in [0.2, 0.25) is 10.0 Å². The summed E-state index contributed by atoms with van der Waals surface area (Å²) in [5.41, 5.74) is 0.499. The second kappa shape index (κ2) is 7.07. The molecule has 0 spiro atoms. The van der Waals surface area contributed by atoms with Gasteiger partial charge in [0.15, 0.2) is 0 Å². The lowest BCUT2D eigenvalue weighted by Gasteiger charge is -2.30. The van der Waals surface area contributed by atoms with E-state index in [1.807, 2.05) is 0 Å². The molecule has 0 aliphatic carbocycles. The molecule has 0 N–H and O–H groups in total. The number of piperidine rings is 1. The van der Waals surface area contributed by atoms with Crippen LogP contribution >= 0.6 is 11.6 Å². The van der Waals surface area contributed by atoms with Gasteiger partial charge in [0.05, 0.1) is 11.3 Å². The molecule has 1 aliphatic rings. The highest BCUT2D eigenvalue weighted by molar-refractivity contribution is 7.88. The first-order valence-electron chi connectivity index (χ1n) is 7.31. The van der Waals surface area contributed by atoms with Crippen molar-refractivity contribution in [2.75, 3.05) is 33.4 Å². The van der Waals surface area contributed by atoms with Crippen molar-refractivity contribution in [2.45, 2.75) is 18.9 Å². The molecule has 0 saturated carbocycles. The average Bonchev–Trinajstić information content (AvgIpc) is 2.48. The predicted molar refractivity (Wildman–Crippen MR) is 89.5 cm³/mol. The fourth-order valence-electron chi connectivity index (χ4n) is 2.45. The molecule has 23 heavy (non-hydrogen) atoms. The lowest BCUT2D eigenvalue weighted by atomic mass is 10.1. The van der Waals surface area contributed by atoms with Crippen molar-refractivity contribution in [3.63, 3.8) is 0 Å². The van der Waals surface area contributed by atoms with Gasteiger partial charge in [-0.05, 0) is 31.0 Å². The maximum absolute atomic E-state index is 11.9. The fourth-order valence-corrected chi connectivity index (χ4v) is 3.55. The molecule has 1 heterocycles. The average molecular weight is 361 g/mol. The minimum absolute atomic E-state index is 0.0825. The van der Waals surface area contributed by atoms with Crippen LogP contribution < -0.4 is 4.74 Å². The van der Waals surface area contributed by atoms with Crippen LogP contribution in [0.15, 0.2) is 18.2 Å². The molecule has 0 aromatic heterocycles. The van der Waals surface area contributed by atoms with Gasteiger partial charge < -0.3 is 9.64 Å². The number of benzene rings is 1. The van der Waals surface area contributed by atoms with Crippen molar-refractivity contribution in [3.8, 4) is 5.75 Å². The summed E-state index contributed by atoms with van der Waals surface area (Å²) in [6.45, 7) is 0.886. The second-order valence-electron chi connectivity index (χ2n) is 5.82. The molecule has 2 rings (SSSR count). The molecule has 1 aromatic rings. The van der Waals surface area contributed by atoms with Crippen LogP contribution in [0.3, 0.4) is 0 Å². The topological polar surface area (TPSA) is 66.9 Å². The summed E-state index contributed by atoms with van der Waals surface area (Å²) in [6.07, 6.45) is 2.36. The molecule has 1 aromatic carbocycles. The van der Waals surface area contributed by atoms with Crippen molar-refractivity contribution in [3.05, 3.63) is 28.8 Å². The van der Waals surface area contributed by atoms with Crippen molar-refractivity contribution >= 4 is 27.5 Å². The Hall–Kier alpha value is -1.31. The van der Waals surface area contributed by atoms with E-state index in [4.69, 9.17) is 16.3 Å². The van der Waals surface area contributed by atoms with Crippen LogP contribution in [0.4, 0.5) is 0 Å². The molecule has 1 saturated heterocycles. The summed E-state index contributed by atoms with van der Waals surface area (Å²) in [4.78, 5) is 13.4. The van der Waals surface area contributed by atoms with E-state index in [1.54, 1.807) is 32.3 Å². The first-order chi connectivity index (χ1) is 10.7. The van der Waals surface area contributed by atoms with Crippen molar-refractivity contribution in [2.24, 2.45) is 0 Å². The van der Waals surface area contributed by atoms with E-state index in [1.165, 1.54) is 15.5 Å². The third kappa shape index (κ3) is 4.59. The zero-order valence-electron chi connectivity index (χ0n) is 13.5. The zero-order chi connectivity index (χ0) is 17.2. The number of hydrogen-bond donors (Lipinski definition) is 0. The highest BCUT2D eigenvalue weighted by Crippen LogP contribution is 2.29. The van der Waals surface area contributed by atoms with Crippen LogP contribution in [0.5, 0.6) is 5.75 Å². The second-order valence-corrected chi connectivity index (χ2v) is 8.21. The molecule has 1 fully saturated rings. The molecule has 6 nitrogen and oxygen atoms in total. The number of amides is 1. The Kier molecular flexibility index (Phi) is 5.54. The Bertz CT molecular complexity index is 683. The molecule has 128 valence electrons. The highest BCUT2D eigenvalue weighted by Gasteiger charge is 2.26. The molecule has 0 radical (unpaired) electrons. The Labute approximate surface area is 142 Å². The quantitative estimate of drug-likeness (QED) is 0.821. The van der Waals surface area contributed by atoms with Gasteiger partial charge in [-0.15, -0.1) is 0 Å². The number of halogens is 1. The van der Waals surface area contributed by atoms with E-state index >= 15 is 0 Å². The first-order valence-corrected chi connectivity index (χ1v) is 9.54. The maximum Gasteiger partial charge on any atom is 0.253 e. The monoisotopic (exact) mass is 360 g/mol. The standard InChI is InChI=1S/C15H21ClN2O4S/c1-17(2)15(19)11-4-5-14(13(16)10-11)22-12-6-8-18(9-7-12)23(3,20)21/h4-5,10,12H,6-9H2,1-3H3. The number of nitrogens with zero attached hydrogens (tertiary/aromatic N) is 2. The molecular weight excluding hydrogens is 340 g/mol. The van der Waals surface area contributed by atoms with Crippen LogP contribution in [0, 0.1) is 0 Å². The Morgan fingerprint density at radius 2 is 1.91 bits per heavy atom. The molecule has 1 aliphatic heterocycles. The van der Waals surface area contributed by atoms with Gasteiger partial charge in [0.25, 0.3) is 5.91 Å². The molecule has 1 amide bonds. The minimum atomic E-state index is -3.14. The summed E-state index contributed by atoms with van der Waals surface area (Å²) in [5.74, 6) is 0.389. The summed E-state index contributed by atoms with van der Waals surface area (Å²) >= 11 is 6.20. The van der Waals surface area contributed by atoms with Gasteiger partial charge in [-0.3, -0.25) is 4.79 Å². The fraction of sp³-hybridized carbons (Fsp3) is 0.533. The maximum atomic E-state index is 11.9. The van der Waals surface area contributed by atoms with Crippen molar-refractivity contribution in [1.29, 1.82) is 0 Å². The van der Waals surface area contributed by atoms with E-state index < -0.39 is 10.0 Å². The number of rotatable bonds is 4. The highest BCUT2D eigenvalue weighted by atomic mass is 35.5. The van der Waals surface area contributed by atoms with Crippen LogP contribution in [0.25, 0.3) is 0 Å². The summed E-state index contributed by atoms with van der Waals surface area (Å²) in [7, 11) is 0.210. The first kappa shape index (κ1) is 18.0. The smallest absolute Gasteiger partial charge is 0.253 e. The van der Waals surface area contributed by atoms with Crippen molar-refractivity contribution < 1.29 is 17.9 Å². The van der Waals surface area contributed by atoms with Crippen LogP contribution in [0.2, 0.25) is 5.02 Å². The number of carbonyl (C=O) groups excluding carboxylic acids is 1. The van der Waals surface area contributed by atoms with E-state index in [0.29, 0.717) is 42.3 Å². The zero-order valence-corrected chi connectivity index (χ0v) is 15.0. The van der Waals surface area contributed by atoms with Crippen LogP contribution in [-0.2, 0) is 10.0 Å². The molecule has 8 heteroatoms. The Morgan fingerprint density at radius 1 is 1.30 bits per heavy atom. The Morgan fingerprint density at radius 3 is 2.39 bits per heavy atom. The molecule has 0 unspecified atom stereocenters. The number of ether oxygens (including phenoxy) is 1.